The molecule has 0 radical (unpaired) electrons. The number of hydrogen-bond donors (Lipinski definition) is 0. The van der Waals surface area contributed by atoms with Crippen LogP contribution in [0.25, 0.3) is 215 Å². The summed E-state index contributed by atoms with van der Waals surface area (Å²) in [5.74, 6) is 0. The minimum Gasteiger partial charge on any atom is -0.456 e. The van der Waals surface area contributed by atoms with Crippen LogP contribution in [0.1, 0.15) is 0 Å². The number of fused-ring (bicyclic) bond motifs is 24. The van der Waals surface area contributed by atoms with Crippen LogP contribution in [0.5, 0.6) is 0 Å². The number of furan rings is 6. The average Bonchev–Trinajstić information content (AvgIpc) is 1.56. The third-order valence-corrected chi connectivity index (χ3v) is 21.0. The van der Waals surface area contributed by atoms with Crippen molar-refractivity contribution in [1.29, 1.82) is 0 Å². The number of benzene rings is 15. The molecule has 0 saturated heterocycles. The molecule has 24 rings (SSSR count). The fourth-order valence-corrected chi connectivity index (χ4v) is 16.4. The van der Waals surface area contributed by atoms with Crippen LogP contribution in [0.3, 0.4) is 0 Å². The minimum absolute atomic E-state index is 0.871. The van der Waals surface area contributed by atoms with Gasteiger partial charge in [0.25, 0.3) is 0 Å². The van der Waals surface area contributed by atoms with Gasteiger partial charge in [-0.15, -0.1) is 0 Å². The van der Waals surface area contributed by atoms with Gasteiger partial charge in [-0.25, -0.2) is 0 Å². The number of hydrogen-bond acceptors (Lipinski definition) is 6. The normalized spacial score (nSPS) is 12.0. The molecule has 0 aliphatic heterocycles. The molecular formula is C96H57N3O6. The Bertz CT molecular complexity index is 7600. The Kier molecular flexibility index (Phi) is 12.9. The molecule has 0 fully saturated rings. The number of para-hydroxylation sites is 11. The first-order valence-corrected chi connectivity index (χ1v) is 35.4. The third-order valence-electron chi connectivity index (χ3n) is 21.0. The van der Waals surface area contributed by atoms with E-state index < -0.39 is 0 Å². The lowest BCUT2D eigenvalue weighted by molar-refractivity contribution is 0.668. The van der Waals surface area contributed by atoms with E-state index in [0.717, 1.165) is 215 Å². The van der Waals surface area contributed by atoms with Crippen molar-refractivity contribution in [3.8, 4) is 50.4 Å². The van der Waals surface area contributed by atoms with Crippen LogP contribution in [0.2, 0.25) is 0 Å². The average molecular weight is 1350 g/mol. The summed E-state index contributed by atoms with van der Waals surface area (Å²) < 4.78 is 45.3. The lowest BCUT2D eigenvalue weighted by atomic mass is 9.98. The fraction of sp³-hybridized carbons (Fsp3) is 0. The van der Waals surface area contributed by atoms with Crippen molar-refractivity contribution < 1.29 is 26.5 Å². The lowest BCUT2D eigenvalue weighted by Crippen LogP contribution is -1.92. The van der Waals surface area contributed by atoms with Crippen molar-refractivity contribution in [2.75, 3.05) is 0 Å². The molecule has 0 N–H and O–H groups in total. The van der Waals surface area contributed by atoms with E-state index in [2.05, 4.69) is 293 Å². The summed E-state index contributed by atoms with van der Waals surface area (Å²) in [6.07, 6.45) is 0. The molecule has 9 heterocycles. The Hall–Kier alpha value is -14.3. The van der Waals surface area contributed by atoms with Gasteiger partial charge in [0.1, 0.15) is 66.8 Å². The van der Waals surface area contributed by atoms with E-state index in [1.54, 1.807) is 0 Å². The molecule has 0 aliphatic carbocycles. The van der Waals surface area contributed by atoms with E-state index >= 15 is 0 Å². The standard InChI is InChI=1S/3C32H19NO2/c1-2-10-20(11-3-1)33-26-17-6-4-12-23(26)32-30(33)25-16-8-15-22(31(25)35-32)21-14-9-19-28-29(21)24-13-5-7-18-27(24)34-28;1-2-9-21(10-3-1)33-27-15-6-4-12-25(27)32-30(33)26-18-17-20(19-29(26)35-32)22-13-8-14-24-23-11-5-7-16-28(23)34-31(22)24;1-2-8-22(9-3-1)33-27-12-6-4-11-25(27)32-31(33)26-17-15-21(19-30(26)35-32)20-14-16-24-23-10-5-7-13-28(23)34-29(24)18-20/h3*1-19H. The number of nitrogens with zero attached hydrogens (tertiary/aromatic N) is 3. The van der Waals surface area contributed by atoms with E-state index in [1.807, 2.05) is 66.7 Å². The smallest absolute Gasteiger partial charge is 0.161 e. The Balaban J connectivity index is 0.0000000986. The van der Waals surface area contributed by atoms with Crippen molar-refractivity contribution in [2.24, 2.45) is 0 Å². The van der Waals surface area contributed by atoms with Crippen molar-refractivity contribution in [3.05, 3.63) is 346 Å². The zero-order valence-corrected chi connectivity index (χ0v) is 56.2. The molecule has 0 bridgehead atoms. The summed E-state index contributed by atoms with van der Waals surface area (Å²) >= 11 is 0. The zero-order valence-electron chi connectivity index (χ0n) is 56.2. The second-order valence-electron chi connectivity index (χ2n) is 26.9. The van der Waals surface area contributed by atoms with Gasteiger partial charge in [-0.05, 0) is 162 Å². The monoisotopic (exact) mass is 1350 g/mol. The topological polar surface area (TPSA) is 93.6 Å². The number of aromatic nitrogens is 3. The highest BCUT2D eigenvalue weighted by atomic mass is 16.4. The second kappa shape index (κ2) is 23.1. The lowest BCUT2D eigenvalue weighted by Gasteiger charge is -2.08. The van der Waals surface area contributed by atoms with Gasteiger partial charge in [0.2, 0.25) is 0 Å². The van der Waals surface area contributed by atoms with E-state index in [0.29, 0.717) is 0 Å². The molecule has 492 valence electrons. The predicted molar refractivity (Wildman–Crippen MR) is 430 cm³/mol. The molecule has 105 heavy (non-hydrogen) atoms. The van der Waals surface area contributed by atoms with Gasteiger partial charge >= 0.3 is 0 Å². The van der Waals surface area contributed by atoms with E-state index in [4.69, 9.17) is 26.5 Å². The predicted octanol–water partition coefficient (Wildman–Crippen LogP) is 27.3. The first-order valence-electron chi connectivity index (χ1n) is 35.4. The highest BCUT2D eigenvalue weighted by Crippen LogP contribution is 2.48. The Morgan fingerprint density at radius 2 is 0.505 bits per heavy atom. The van der Waals surface area contributed by atoms with Crippen molar-refractivity contribution in [2.45, 2.75) is 0 Å². The summed E-state index contributed by atoms with van der Waals surface area (Å²) in [5, 5.41) is 13.4. The molecule has 9 heteroatoms. The SMILES string of the molecule is c1ccc(-n2c3ccccc3c3oc4c(-c5cccc6oc7ccccc7c56)cccc4c32)cc1.c1ccc(-n2c3ccccc3c3oc4cc(-c5ccc6c(c5)oc5ccccc56)ccc4c32)cc1.c1ccc(-n2c3ccccc3c3oc4cc(-c5cccc6c5oc5ccccc56)ccc4c32)cc1. The van der Waals surface area contributed by atoms with Gasteiger partial charge in [0.15, 0.2) is 16.7 Å². The van der Waals surface area contributed by atoms with Crippen molar-refractivity contribution in [1.82, 2.24) is 13.7 Å². The quantitative estimate of drug-likeness (QED) is 0.165. The van der Waals surface area contributed by atoms with Gasteiger partial charge in [0.05, 0.1) is 16.6 Å². The third kappa shape index (κ3) is 9.02. The van der Waals surface area contributed by atoms with Gasteiger partial charge in [0, 0.05) is 92.8 Å². The summed E-state index contributed by atoms with van der Waals surface area (Å²) in [5.41, 5.74) is 27.4. The molecule has 0 saturated carbocycles. The van der Waals surface area contributed by atoms with Crippen LogP contribution in [-0.4, -0.2) is 13.7 Å². The summed E-state index contributed by atoms with van der Waals surface area (Å²) in [6.45, 7) is 0. The molecule has 15 aromatic carbocycles. The number of rotatable bonds is 6. The van der Waals surface area contributed by atoms with Crippen LogP contribution < -0.4 is 0 Å². The minimum atomic E-state index is 0.871. The fourth-order valence-electron chi connectivity index (χ4n) is 16.4. The first kappa shape index (κ1) is 58.5. The maximum absolute atomic E-state index is 6.74. The van der Waals surface area contributed by atoms with Crippen LogP contribution in [0, 0.1) is 0 Å². The zero-order chi connectivity index (χ0) is 68.8. The van der Waals surface area contributed by atoms with E-state index in [1.165, 1.54) is 0 Å². The highest BCUT2D eigenvalue weighted by Gasteiger charge is 2.26. The summed E-state index contributed by atoms with van der Waals surface area (Å²) in [7, 11) is 0. The van der Waals surface area contributed by atoms with E-state index in [9.17, 15) is 0 Å². The van der Waals surface area contributed by atoms with Gasteiger partial charge in [-0.3, -0.25) is 0 Å². The van der Waals surface area contributed by atoms with Crippen LogP contribution in [0.15, 0.2) is 372 Å². The van der Waals surface area contributed by atoms with Crippen molar-refractivity contribution in [3.63, 3.8) is 0 Å². The molecule has 0 aliphatic rings. The van der Waals surface area contributed by atoms with Crippen LogP contribution >= 0.6 is 0 Å². The largest absolute Gasteiger partial charge is 0.456 e. The molecule has 0 unspecified atom stereocenters. The summed E-state index contributed by atoms with van der Waals surface area (Å²) in [4.78, 5) is 0. The Labute approximate surface area is 597 Å². The maximum Gasteiger partial charge on any atom is 0.161 e. The first-order chi connectivity index (χ1) is 52.1. The molecule has 0 spiro atoms. The maximum atomic E-state index is 6.74. The van der Waals surface area contributed by atoms with Gasteiger partial charge in [-0.2, -0.15) is 0 Å². The van der Waals surface area contributed by atoms with Crippen LogP contribution in [0.4, 0.5) is 0 Å². The van der Waals surface area contributed by atoms with Gasteiger partial charge in [-0.1, -0.05) is 206 Å². The van der Waals surface area contributed by atoms with E-state index in [-0.39, 0.29) is 0 Å². The second-order valence-corrected chi connectivity index (χ2v) is 26.9. The molecule has 9 nitrogen and oxygen atoms in total. The van der Waals surface area contributed by atoms with Crippen molar-refractivity contribution >= 4 is 165 Å². The summed E-state index contributed by atoms with van der Waals surface area (Å²) in [6, 6.07) is 120. The molecule has 24 aromatic rings. The molecule has 9 aromatic heterocycles. The molecule has 0 amide bonds. The Morgan fingerprint density at radius 3 is 1.07 bits per heavy atom. The Morgan fingerprint density at radius 1 is 0.171 bits per heavy atom. The van der Waals surface area contributed by atoms with Gasteiger partial charge < -0.3 is 40.2 Å². The highest BCUT2D eigenvalue weighted by molar-refractivity contribution is 6.23. The van der Waals surface area contributed by atoms with Crippen LogP contribution in [-0.2, 0) is 0 Å². The molecule has 0 atom stereocenters. The molecular weight excluding hydrogens is 1290 g/mol.